The first-order valence-corrected chi connectivity index (χ1v) is 8.46. The number of nitriles is 1. The number of hydrogen-bond acceptors (Lipinski definition) is 5. The standard InChI is InChI=1S/C21H15N3O5/c22-11-13-2-1-3-15(8-13)19(25)10-20(26)23-18-9-14(16-6-7-29-12-16)4-5-17(18)24-21(27)28/h1-9,12,24H,10H2,(H,23,26)(H,27,28). The molecule has 1 aromatic heterocycles. The molecule has 8 nitrogen and oxygen atoms in total. The third-order valence-corrected chi connectivity index (χ3v) is 4.02. The van der Waals surface area contributed by atoms with Crippen LogP contribution < -0.4 is 10.6 Å². The fraction of sp³-hybridized carbons (Fsp3) is 0.0476. The van der Waals surface area contributed by atoms with Crippen molar-refractivity contribution in [1.82, 2.24) is 0 Å². The molecule has 2 aromatic carbocycles. The first-order valence-electron chi connectivity index (χ1n) is 8.46. The lowest BCUT2D eigenvalue weighted by molar-refractivity contribution is -0.115. The molecule has 1 heterocycles. The number of furan rings is 1. The van der Waals surface area contributed by atoms with Crippen LogP contribution in [-0.2, 0) is 4.79 Å². The van der Waals surface area contributed by atoms with Crippen LogP contribution in [0.1, 0.15) is 22.3 Å². The van der Waals surface area contributed by atoms with Crippen molar-refractivity contribution in [3.8, 4) is 17.2 Å². The molecule has 0 unspecified atom stereocenters. The van der Waals surface area contributed by atoms with Gasteiger partial charge in [0, 0.05) is 11.1 Å². The molecule has 0 fully saturated rings. The second-order valence-corrected chi connectivity index (χ2v) is 6.04. The van der Waals surface area contributed by atoms with Gasteiger partial charge in [0.2, 0.25) is 5.91 Å². The highest BCUT2D eigenvalue weighted by Crippen LogP contribution is 2.29. The van der Waals surface area contributed by atoms with Gasteiger partial charge in [-0.15, -0.1) is 0 Å². The summed E-state index contributed by atoms with van der Waals surface area (Å²) in [4.78, 5) is 35.8. The molecule has 3 rings (SSSR count). The minimum atomic E-state index is -1.29. The Morgan fingerprint density at radius 1 is 1.00 bits per heavy atom. The quantitative estimate of drug-likeness (QED) is 0.429. The Morgan fingerprint density at radius 3 is 2.52 bits per heavy atom. The average molecular weight is 389 g/mol. The van der Waals surface area contributed by atoms with E-state index < -0.39 is 24.2 Å². The van der Waals surface area contributed by atoms with Crippen LogP contribution in [-0.4, -0.2) is 22.9 Å². The minimum absolute atomic E-state index is 0.164. The molecule has 0 aliphatic carbocycles. The molecule has 2 amide bonds. The predicted octanol–water partition coefficient (Wildman–Crippen LogP) is 4.12. The lowest BCUT2D eigenvalue weighted by Gasteiger charge is -2.12. The van der Waals surface area contributed by atoms with Crippen molar-refractivity contribution in [1.29, 1.82) is 5.26 Å². The first-order chi connectivity index (χ1) is 14.0. The molecular weight excluding hydrogens is 374 g/mol. The van der Waals surface area contributed by atoms with E-state index in [1.807, 2.05) is 6.07 Å². The van der Waals surface area contributed by atoms with E-state index in [0.29, 0.717) is 11.1 Å². The first kappa shape index (κ1) is 19.4. The van der Waals surface area contributed by atoms with Gasteiger partial charge in [0.15, 0.2) is 5.78 Å². The summed E-state index contributed by atoms with van der Waals surface area (Å²) in [5.41, 5.74) is 2.36. The van der Waals surface area contributed by atoms with E-state index >= 15 is 0 Å². The monoisotopic (exact) mass is 389 g/mol. The van der Waals surface area contributed by atoms with Gasteiger partial charge in [0.05, 0.1) is 42.0 Å². The highest BCUT2D eigenvalue weighted by Gasteiger charge is 2.16. The van der Waals surface area contributed by atoms with Crippen molar-refractivity contribution in [2.45, 2.75) is 6.42 Å². The Balaban J connectivity index is 1.80. The molecule has 0 atom stereocenters. The zero-order valence-electron chi connectivity index (χ0n) is 15.0. The summed E-state index contributed by atoms with van der Waals surface area (Å²) >= 11 is 0. The molecule has 3 N–H and O–H groups in total. The summed E-state index contributed by atoms with van der Waals surface area (Å²) in [5.74, 6) is -1.08. The van der Waals surface area contributed by atoms with E-state index in [0.717, 1.165) is 5.56 Å². The molecular formula is C21H15N3O5. The van der Waals surface area contributed by atoms with Gasteiger partial charge in [-0.2, -0.15) is 5.26 Å². The highest BCUT2D eigenvalue weighted by atomic mass is 16.4. The largest absolute Gasteiger partial charge is 0.472 e. The Hall–Kier alpha value is -4.38. The third kappa shape index (κ3) is 4.87. The number of benzene rings is 2. The maximum absolute atomic E-state index is 12.4. The minimum Gasteiger partial charge on any atom is -0.472 e. The van der Waals surface area contributed by atoms with Crippen LogP contribution in [0.2, 0.25) is 0 Å². The van der Waals surface area contributed by atoms with E-state index in [9.17, 15) is 14.4 Å². The summed E-state index contributed by atoms with van der Waals surface area (Å²) in [7, 11) is 0. The molecule has 0 bridgehead atoms. The summed E-state index contributed by atoms with van der Waals surface area (Å²) in [6.45, 7) is 0. The Kier molecular flexibility index (Phi) is 5.71. The Morgan fingerprint density at radius 2 is 1.83 bits per heavy atom. The maximum Gasteiger partial charge on any atom is 0.409 e. The van der Waals surface area contributed by atoms with Gasteiger partial charge in [0.25, 0.3) is 0 Å². The van der Waals surface area contributed by atoms with Crippen LogP contribution in [0.3, 0.4) is 0 Å². The van der Waals surface area contributed by atoms with Crippen molar-refractivity contribution >= 4 is 29.2 Å². The van der Waals surface area contributed by atoms with Gasteiger partial charge in [-0.1, -0.05) is 18.2 Å². The SMILES string of the molecule is N#Cc1cccc(C(=O)CC(=O)Nc2cc(-c3ccoc3)ccc2NC(=O)O)c1. The van der Waals surface area contributed by atoms with Gasteiger partial charge < -0.3 is 14.8 Å². The smallest absolute Gasteiger partial charge is 0.409 e. The third-order valence-electron chi connectivity index (χ3n) is 4.02. The molecule has 29 heavy (non-hydrogen) atoms. The van der Waals surface area contributed by atoms with Crippen LogP contribution in [0, 0.1) is 11.3 Å². The number of anilines is 2. The number of nitrogens with zero attached hydrogens (tertiary/aromatic N) is 1. The van der Waals surface area contributed by atoms with Crippen LogP contribution in [0.5, 0.6) is 0 Å². The number of rotatable bonds is 6. The van der Waals surface area contributed by atoms with Gasteiger partial charge in [0.1, 0.15) is 0 Å². The molecule has 8 heteroatoms. The summed E-state index contributed by atoms with van der Waals surface area (Å²) in [5, 5.41) is 22.7. The van der Waals surface area contributed by atoms with Gasteiger partial charge >= 0.3 is 6.09 Å². The molecule has 0 radical (unpaired) electrons. The van der Waals surface area contributed by atoms with E-state index in [1.165, 1.54) is 30.7 Å². The van der Waals surface area contributed by atoms with Crippen molar-refractivity contribution in [3.63, 3.8) is 0 Å². The van der Waals surface area contributed by atoms with Crippen LogP contribution in [0.25, 0.3) is 11.1 Å². The Labute approximate surface area is 165 Å². The lowest BCUT2D eigenvalue weighted by atomic mass is 10.0. The Bertz CT molecular complexity index is 1110. The van der Waals surface area contributed by atoms with Gasteiger partial charge in [-0.3, -0.25) is 14.9 Å². The molecule has 0 saturated carbocycles. The molecule has 0 aliphatic rings. The van der Waals surface area contributed by atoms with Crippen molar-refractivity contribution in [3.05, 3.63) is 72.2 Å². The van der Waals surface area contributed by atoms with E-state index in [4.69, 9.17) is 14.8 Å². The molecule has 3 aromatic rings. The van der Waals surface area contributed by atoms with Crippen LogP contribution >= 0.6 is 0 Å². The predicted molar refractivity (Wildman–Crippen MR) is 105 cm³/mol. The molecule has 0 aliphatic heterocycles. The van der Waals surface area contributed by atoms with Gasteiger partial charge in [-0.05, 0) is 35.9 Å². The number of ketones is 1. The number of hydrogen-bond donors (Lipinski definition) is 3. The summed E-state index contributed by atoms with van der Waals surface area (Å²) in [6, 6.07) is 14.5. The number of Topliss-reactive ketones (excluding diaryl/α,β-unsaturated/α-hetero) is 1. The number of carbonyl (C=O) groups excluding carboxylic acids is 2. The van der Waals surface area contributed by atoms with Crippen molar-refractivity contribution in [2.24, 2.45) is 0 Å². The lowest BCUT2D eigenvalue weighted by Crippen LogP contribution is -2.18. The van der Waals surface area contributed by atoms with Gasteiger partial charge in [-0.25, -0.2) is 4.79 Å². The number of nitrogens with one attached hydrogen (secondary N) is 2. The van der Waals surface area contributed by atoms with Crippen LogP contribution in [0.4, 0.5) is 16.2 Å². The average Bonchev–Trinajstić information content (AvgIpc) is 3.23. The van der Waals surface area contributed by atoms with Crippen molar-refractivity contribution < 1.29 is 23.9 Å². The second-order valence-electron chi connectivity index (χ2n) is 6.04. The van der Waals surface area contributed by atoms with Crippen LogP contribution in [0.15, 0.2) is 65.5 Å². The highest BCUT2D eigenvalue weighted by molar-refractivity contribution is 6.12. The number of carboxylic acid groups (broad SMARTS) is 1. The van der Waals surface area contributed by atoms with E-state index in [1.54, 1.807) is 30.3 Å². The topological polar surface area (TPSA) is 132 Å². The maximum atomic E-state index is 12.4. The number of carbonyl (C=O) groups is 3. The normalized spacial score (nSPS) is 10.0. The molecule has 0 spiro atoms. The van der Waals surface area contributed by atoms with E-state index in [-0.39, 0.29) is 16.9 Å². The summed E-state index contributed by atoms with van der Waals surface area (Å²) in [6.07, 6.45) is 1.25. The molecule has 0 saturated heterocycles. The van der Waals surface area contributed by atoms with E-state index in [2.05, 4.69) is 10.6 Å². The zero-order valence-corrected chi connectivity index (χ0v) is 15.0. The fourth-order valence-electron chi connectivity index (χ4n) is 2.68. The number of amides is 2. The molecule has 144 valence electrons. The summed E-state index contributed by atoms with van der Waals surface area (Å²) < 4.78 is 5.04. The fourth-order valence-corrected chi connectivity index (χ4v) is 2.68. The second kappa shape index (κ2) is 8.54. The zero-order chi connectivity index (χ0) is 20.8. The van der Waals surface area contributed by atoms with Crippen molar-refractivity contribution in [2.75, 3.05) is 10.6 Å².